The summed E-state index contributed by atoms with van der Waals surface area (Å²) in [6, 6.07) is 8.12. The summed E-state index contributed by atoms with van der Waals surface area (Å²) in [7, 11) is 2.00. The van der Waals surface area contributed by atoms with Crippen molar-refractivity contribution in [3.63, 3.8) is 0 Å². The van der Waals surface area contributed by atoms with Crippen molar-refractivity contribution in [1.29, 1.82) is 0 Å². The topological polar surface area (TPSA) is 93.0 Å². The second-order valence-corrected chi connectivity index (χ2v) is 8.54. The van der Waals surface area contributed by atoms with Crippen molar-refractivity contribution in [2.24, 2.45) is 7.05 Å². The number of aromatic nitrogens is 4. The first-order chi connectivity index (χ1) is 15.1. The van der Waals surface area contributed by atoms with Crippen molar-refractivity contribution >= 4 is 39.2 Å². The number of hydrogen-bond donors (Lipinski definition) is 1. The average Bonchev–Trinajstić information content (AvgIpc) is 3.34. The number of benzene rings is 1. The molecule has 0 atom stereocenters. The minimum atomic E-state index is -0.344. The number of para-hydroxylation sites is 1. The smallest absolute Gasteiger partial charge is 0.277 e. The molecule has 1 N–H and O–H groups in total. The summed E-state index contributed by atoms with van der Waals surface area (Å²) in [5.41, 5.74) is 3.34. The summed E-state index contributed by atoms with van der Waals surface area (Å²) < 4.78 is 2.06. The fourth-order valence-corrected chi connectivity index (χ4v) is 4.90. The second-order valence-electron chi connectivity index (χ2n) is 7.46. The molecule has 31 heavy (non-hydrogen) atoms. The Bertz CT molecular complexity index is 1280. The monoisotopic (exact) mass is 432 g/mol. The van der Waals surface area contributed by atoms with Gasteiger partial charge in [0.1, 0.15) is 5.69 Å². The zero-order valence-corrected chi connectivity index (χ0v) is 17.7. The highest BCUT2D eigenvalue weighted by molar-refractivity contribution is 7.15. The van der Waals surface area contributed by atoms with Gasteiger partial charge in [-0.15, -0.1) is 0 Å². The summed E-state index contributed by atoms with van der Waals surface area (Å²) in [6.45, 7) is 1.13. The summed E-state index contributed by atoms with van der Waals surface area (Å²) in [6.07, 6.45) is 7.48. The van der Waals surface area contributed by atoms with E-state index in [1.807, 2.05) is 30.3 Å². The quantitative estimate of drug-likeness (QED) is 0.535. The lowest BCUT2D eigenvalue weighted by Crippen LogP contribution is -2.36. The molecule has 1 aliphatic rings. The number of hydrogen-bond acceptors (Lipinski definition) is 6. The Kier molecular flexibility index (Phi) is 4.95. The first-order valence-electron chi connectivity index (χ1n) is 9.95. The molecule has 156 valence electrons. The predicted molar refractivity (Wildman–Crippen MR) is 118 cm³/mol. The number of amides is 2. The number of thiazole rings is 1. The molecule has 4 heterocycles. The highest BCUT2D eigenvalue weighted by atomic mass is 32.1. The van der Waals surface area contributed by atoms with Gasteiger partial charge in [-0.2, -0.15) is 0 Å². The maximum Gasteiger partial charge on any atom is 0.277 e. The molecule has 3 aromatic heterocycles. The first kappa shape index (κ1) is 19.4. The van der Waals surface area contributed by atoms with E-state index < -0.39 is 0 Å². The van der Waals surface area contributed by atoms with E-state index in [0.717, 1.165) is 27.0 Å². The Morgan fingerprint density at radius 2 is 2.10 bits per heavy atom. The van der Waals surface area contributed by atoms with Crippen LogP contribution in [-0.2, 0) is 31.2 Å². The van der Waals surface area contributed by atoms with Crippen LogP contribution >= 0.6 is 11.3 Å². The minimum absolute atomic E-state index is 0.0977. The fourth-order valence-electron chi connectivity index (χ4n) is 3.88. The van der Waals surface area contributed by atoms with Crippen molar-refractivity contribution < 1.29 is 9.59 Å². The van der Waals surface area contributed by atoms with E-state index in [1.54, 1.807) is 0 Å². The summed E-state index contributed by atoms with van der Waals surface area (Å²) in [4.78, 5) is 40.6. The lowest BCUT2D eigenvalue weighted by molar-refractivity contribution is -0.131. The summed E-state index contributed by atoms with van der Waals surface area (Å²) >= 11 is 1.40. The Morgan fingerprint density at radius 1 is 1.23 bits per heavy atom. The van der Waals surface area contributed by atoms with E-state index in [2.05, 4.69) is 37.0 Å². The SMILES string of the molecule is Cn1cc(CC(=O)N2CCc3nc(NC(=O)c4cnccn4)sc3C2)c2ccccc21. The molecule has 0 saturated heterocycles. The maximum absolute atomic E-state index is 13.0. The van der Waals surface area contributed by atoms with Gasteiger partial charge in [0.25, 0.3) is 5.91 Å². The molecule has 0 spiro atoms. The molecule has 2 amide bonds. The molecule has 0 bridgehead atoms. The number of carbonyl (C=O) groups excluding carboxylic acids is 2. The van der Waals surface area contributed by atoms with Gasteiger partial charge in [0.2, 0.25) is 5.91 Å². The highest BCUT2D eigenvalue weighted by Gasteiger charge is 2.25. The highest BCUT2D eigenvalue weighted by Crippen LogP contribution is 2.29. The lowest BCUT2D eigenvalue weighted by atomic mass is 10.1. The molecule has 4 aromatic rings. The molecule has 0 aliphatic carbocycles. The number of carbonyl (C=O) groups is 2. The Hall–Kier alpha value is -3.59. The van der Waals surface area contributed by atoms with Crippen LogP contribution in [0.4, 0.5) is 5.13 Å². The molecular weight excluding hydrogens is 412 g/mol. The van der Waals surface area contributed by atoms with Crippen molar-refractivity contribution in [3.8, 4) is 0 Å². The number of anilines is 1. The van der Waals surface area contributed by atoms with E-state index >= 15 is 0 Å². The second kappa shape index (κ2) is 7.92. The van der Waals surface area contributed by atoms with Gasteiger partial charge >= 0.3 is 0 Å². The third-order valence-corrected chi connectivity index (χ3v) is 6.42. The van der Waals surface area contributed by atoms with E-state index in [0.29, 0.717) is 31.1 Å². The molecule has 1 aliphatic heterocycles. The number of rotatable bonds is 4. The van der Waals surface area contributed by atoms with Crippen LogP contribution in [0.2, 0.25) is 0 Å². The van der Waals surface area contributed by atoms with Crippen molar-refractivity contribution in [1.82, 2.24) is 24.4 Å². The van der Waals surface area contributed by atoms with Crippen LogP contribution in [0.15, 0.2) is 49.1 Å². The van der Waals surface area contributed by atoms with Crippen LogP contribution < -0.4 is 5.32 Å². The molecule has 9 heteroatoms. The fraction of sp³-hybridized carbons (Fsp3) is 0.227. The van der Waals surface area contributed by atoms with Crippen molar-refractivity contribution in [2.45, 2.75) is 19.4 Å². The van der Waals surface area contributed by atoms with Crippen LogP contribution in [-0.4, -0.2) is 42.8 Å². The van der Waals surface area contributed by atoms with Crippen molar-refractivity contribution in [3.05, 3.63) is 70.9 Å². The predicted octanol–water partition coefficient (Wildman–Crippen LogP) is 2.80. The standard InChI is InChI=1S/C22H20N6O2S/c1-27-12-14(15-4-2-3-5-18(15)27)10-20(29)28-9-6-16-19(13-28)31-22(25-16)26-21(30)17-11-23-7-8-24-17/h2-5,7-8,11-12H,6,9-10,13H2,1H3,(H,25,26,30). The van der Waals surface area contributed by atoms with E-state index in [4.69, 9.17) is 0 Å². The average molecular weight is 433 g/mol. The van der Waals surface area contributed by atoms with E-state index in [9.17, 15) is 9.59 Å². The Balaban J connectivity index is 1.28. The van der Waals surface area contributed by atoms with Gasteiger partial charge in [0.15, 0.2) is 5.13 Å². The summed E-state index contributed by atoms with van der Waals surface area (Å²) in [5.74, 6) is -0.247. The maximum atomic E-state index is 13.0. The number of nitrogens with one attached hydrogen (secondary N) is 1. The Labute approximate surface area is 182 Å². The largest absolute Gasteiger partial charge is 0.350 e. The van der Waals surface area contributed by atoms with Gasteiger partial charge in [0.05, 0.1) is 24.9 Å². The molecule has 0 radical (unpaired) electrons. The molecule has 5 rings (SSSR count). The number of fused-ring (bicyclic) bond motifs is 2. The number of nitrogens with zero attached hydrogens (tertiary/aromatic N) is 5. The molecule has 0 fully saturated rings. The molecule has 0 saturated carbocycles. The minimum Gasteiger partial charge on any atom is -0.350 e. The van der Waals surface area contributed by atoms with Crippen LogP contribution in [0.3, 0.4) is 0 Å². The van der Waals surface area contributed by atoms with Gasteiger partial charge in [0, 0.05) is 54.4 Å². The van der Waals surface area contributed by atoms with Crippen molar-refractivity contribution in [2.75, 3.05) is 11.9 Å². The third-order valence-electron chi connectivity index (χ3n) is 5.42. The van der Waals surface area contributed by atoms with Gasteiger partial charge in [-0.05, 0) is 11.6 Å². The van der Waals surface area contributed by atoms with Gasteiger partial charge in [-0.3, -0.25) is 19.9 Å². The Morgan fingerprint density at radius 3 is 2.94 bits per heavy atom. The molecule has 0 unspecified atom stereocenters. The normalized spacial score (nSPS) is 13.3. The van der Waals surface area contributed by atoms with E-state index in [1.165, 1.54) is 29.9 Å². The summed E-state index contributed by atoms with van der Waals surface area (Å²) in [5, 5.41) is 4.41. The van der Waals surface area contributed by atoms with Crippen LogP contribution in [0.5, 0.6) is 0 Å². The lowest BCUT2D eigenvalue weighted by Gasteiger charge is -2.26. The first-order valence-corrected chi connectivity index (χ1v) is 10.8. The van der Waals surface area contributed by atoms with Gasteiger partial charge in [-0.1, -0.05) is 29.5 Å². The van der Waals surface area contributed by atoms with E-state index in [-0.39, 0.29) is 17.5 Å². The zero-order chi connectivity index (χ0) is 21.4. The molecule has 1 aromatic carbocycles. The van der Waals surface area contributed by atoms with Crippen LogP contribution in [0.1, 0.15) is 26.6 Å². The zero-order valence-electron chi connectivity index (χ0n) is 16.9. The molecular formula is C22H20N6O2S. The van der Waals surface area contributed by atoms with Crippen LogP contribution in [0, 0.1) is 0 Å². The molecule has 8 nitrogen and oxygen atoms in total. The van der Waals surface area contributed by atoms with Gasteiger partial charge < -0.3 is 9.47 Å². The van der Waals surface area contributed by atoms with Crippen LogP contribution in [0.25, 0.3) is 10.9 Å². The number of aryl methyl sites for hydroxylation is 1. The third kappa shape index (κ3) is 3.79. The van der Waals surface area contributed by atoms with Gasteiger partial charge in [-0.25, -0.2) is 9.97 Å².